The van der Waals surface area contributed by atoms with Crippen LogP contribution in [0, 0.1) is 11.3 Å². The average molecular weight is 381 g/mol. The summed E-state index contributed by atoms with van der Waals surface area (Å²) in [7, 11) is 0. The molecule has 1 heterocycles. The Balaban J connectivity index is 2.86. The molecule has 1 fully saturated rings. The fourth-order valence-electron chi connectivity index (χ4n) is 2.56. The second kappa shape index (κ2) is 9.04. The molecule has 0 aromatic rings. The van der Waals surface area contributed by atoms with E-state index in [-0.39, 0.29) is 0 Å². The second-order valence-corrected chi connectivity index (χ2v) is 7.03. The summed E-state index contributed by atoms with van der Waals surface area (Å²) in [5.74, 6) is -3.93. The number of aliphatic carboxylic acids is 1. The lowest BCUT2D eigenvalue weighted by Crippen LogP contribution is -2.62. The molecule has 2 unspecified atom stereocenters. The van der Waals surface area contributed by atoms with E-state index in [4.69, 9.17) is 14.9 Å². The molecule has 0 spiro atoms. The Hall–Kier alpha value is -1.34. The van der Waals surface area contributed by atoms with E-state index in [1.807, 2.05) is 0 Å². The van der Waals surface area contributed by atoms with E-state index < -0.39 is 79.6 Å². The maximum Gasteiger partial charge on any atom is 0.311 e. The predicted octanol–water partition coefficient (Wildman–Crippen LogP) is -3.97. The van der Waals surface area contributed by atoms with Crippen molar-refractivity contribution in [3.8, 4) is 0 Å². The lowest BCUT2D eigenvalue weighted by Gasteiger charge is -2.42. The van der Waals surface area contributed by atoms with Crippen LogP contribution in [0.4, 0.5) is 0 Å². The van der Waals surface area contributed by atoms with Crippen molar-refractivity contribution in [3.05, 3.63) is 0 Å². The number of amides is 1. The van der Waals surface area contributed by atoms with Crippen molar-refractivity contribution in [2.24, 2.45) is 11.3 Å². The third-order valence-corrected chi connectivity index (χ3v) is 4.54. The summed E-state index contributed by atoms with van der Waals surface area (Å²) in [5, 5.41) is 69.3. The normalized spacial score (nSPS) is 31.9. The Morgan fingerprint density at radius 2 is 1.69 bits per heavy atom. The molecular formula is C15H27NO10. The molecule has 11 heteroatoms. The molecule has 0 radical (unpaired) electrons. The zero-order valence-electron chi connectivity index (χ0n) is 14.5. The molecule has 0 saturated carbocycles. The van der Waals surface area contributed by atoms with Gasteiger partial charge >= 0.3 is 5.97 Å². The highest BCUT2D eigenvalue weighted by molar-refractivity contribution is 5.82. The Morgan fingerprint density at radius 3 is 2.15 bits per heavy atom. The molecule has 0 bridgehead atoms. The molecule has 0 aliphatic carbocycles. The number of aliphatic hydroxyl groups excluding tert-OH is 6. The van der Waals surface area contributed by atoms with Crippen molar-refractivity contribution >= 4 is 11.9 Å². The van der Waals surface area contributed by atoms with Gasteiger partial charge in [0, 0.05) is 12.0 Å². The number of carboxylic acids is 1. The van der Waals surface area contributed by atoms with E-state index >= 15 is 0 Å². The minimum Gasteiger partial charge on any atom is -0.481 e. The predicted molar refractivity (Wildman–Crippen MR) is 84.8 cm³/mol. The molecule has 7 atom stereocenters. The summed E-state index contributed by atoms with van der Waals surface area (Å²) in [6, 6.07) is 0. The Kier molecular flexibility index (Phi) is 7.89. The van der Waals surface area contributed by atoms with Gasteiger partial charge in [-0.2, -0.15) is 0 Å². The van der Waals surface area contributed by atoms with Gasteiger partial charge in [-0.3, -0.25) is 9.59 Å². The van der Waals surface area contributed by atoms with Crippen molar-refractivity contribution < 1.29 is 50.1 Å². The summed E-state index contributed by atoms with van der Waals surface area (Å²) in [6.45, 7) is 1.10. The van der Waals surface area contributed by atoms with Gasteiger partial charge < -0.3 is 45.8 Å². The second-order valence-electron chi connectivity index (χ2n) is 7.03. The molecule has 1 amide bonds. The minimum atomic E-state index is -1.77. The highest BCUT2D eigenvalue weighted by Gasteiger charge is 2.48. The standard InChI is InChI=1S/C15H27NO10/c1-15(2,5-18)12(22)13(23)16-3-6(14(24)25)11-10(21)9(20)8(19)7(4-17)26-11/h6-12,17-22H,3-5H2,1-2H3,(H,16,23)(H,24,25)/t6?,7-,8-,9+,10-,11?,12-/m1/s1. The number of carboxylic acid groups (broad SMARTS) is 1. The molecule has 0 aromatic heterocycles. The lowest BCUT2D eigenvalue weighted by atomic mass is 9.86. The Morgan fingerprint density at radius 1 is 1.12 bits per heavy atom. The van der Waals surface area contributed by atoms with Crippen LogP contribution in [0.15, 0.2) is 0 Å². The molecule has 26 heavy (non-hydrogen) atoms. The maximum absolute atomic E-state index is 12.0. The third-order valence-electron chi connectivity index (χ3n) is 4.54. The number of nitrogens with one attached hydrogen (secondary N) is 1. The monoisotopic (exact) mass is 381 g/mol. The van der Waals surface area contributed by atoms with Crippen molar-refractivity contribution in [1.82, 2.24) is 5.32 Å². The highest BCUT2D eigenvalue weighted by Crippen LogP contribution is 2.26. The van der Waals surface area contributed by atoms with Crippen LogP contribution in [0.5, 0.6) is 0 Å². The zero-order chi connectivity index (χ0) is 20.2. The van der Waals surface area contributed by atoms with Gasteiger partial charge in [0.15, 0.2) is 0 Å². The van der Waals surface area contributed by atoms with Crippen molar-refractivity contribution in [2.75, 3.05) is 19.8 Å². The number of hydrogen-bond donors (Lipinski definition) is 8. The lowest BCUT2D eigenvalue weighted by molar-refractivity contribution is -0.241. The van der Waals surface area contributed by atoms with Gasteiger partial charge in [-0.15, -0.1) is 0 Å². The summed E-state index contributed by atoms with van der Waals surface area (Å²) in [4.78, 5) is 23.5. The first-order chi connectivity index (χ1) is 12.0. The molecule has 1 rings (SSSR count). The Labute approximate surface area is 149 Å². The van der Waals surface area contributed by atoms with Crippen LogP contribution >= 0.6 is 0 Å². The number of hydrogen-bond acceptors (Lipinski definition) is 9. The first-order valence-corrected chi connectivity index (χ1v) is 8.07. The third kappa shape index (κ3) is 4.88. The van der Waals surface area contributed by atoms with Gasteiger partial charge in [-0.25, -0.2) is 0 Å². The molecule has 11 nitrogen and oxygen atoms in total. The first-order valence-electron chi connectivity index (χ1n) is 8.07. The van der Waals surface area contributed by atoms with Crippen LogP contribution in [0.2, 0.25) is 0 Å². The summed E-state index contributed by atoms with van der Waals surface area (Å²) in [5.41, 5.74) is -1.16. The summed E-state index contributed by atoms with van der Waals surface area (Å²) >= 11 is 0. The Bertz CT molecular complexity index is 497. The van der Waals surface area contributed by atoms with Gasteiger partial charge in [-0.05, 0) is 0 Å². The zero-order valence-corrected chi connectivity index (χ0v) is 14.5. The average Bonchev–Trinajstić information content (AvgIpc) is 2.60. The van der Waals surface area contributed by atoms with E-state index in [2.05, 4.69) is 5.32 Å². The van der Waals surface area contributed by atoms with Crippen LogP contribution < -0.4 is 5.32 Å². The number of aliphatic hydroxyl groups is 6. The van der Waals surface area contributed by atoms with Crippen LogP contribution in [0.25, 0.3) is 0 Å². The van der Waals surface area contributed by atoms with Crippen molar-refractivity contribution in [2.45, 2.75) is 50.5 Å². The maximum atomic E-state index is 12.0. The van der Waals surface area contributed by atoms with Gasteiger partial charge in [-0.1, -0.05) is 13.8 Å². The first kappa shape index (κ1) is 22.7. The van der Waals surface area contributed by atoms with Gasteiger partial charge in [0.2, 0.25) is 5.91 Å². The van der Waals surface area contributed by atoms with E-state index in [1.54, 1.807) is 0 Å². The molecule has 1 aliphatic heterocycles. The smallest absolute Gasteiger partial charge is 0.311 e. The van der Waals surface area contributed by atoms with E-state index in [0.717, 1.165) is 0 Å². The minimum absolute atomic E-state index is 0.489. The van der Waals surface area contributed by atoms with Crippen molar-refractivity contribution in [3.63, 3.8) is 0 Å². The van der Waals surface area contributed by atoms with Crippen molar-refractivity contribution in [1.29, 1.82) is 0 Å². The SMILES string of the molecule is CC(C)(CO)[C@H](O)C(=O)NCC(C(=O)O)C1O[C@H](CO)[C@@H](O)[C@H](O)[C@H]1O. The van der Waals surface area contributed by atoms with E-state index in [1.165, 1.54) is 13.8 Å². The highest BCUT2D eigenvalue weighted by atomic mass is 16.5. The van der Waals surface area contributed by atoms with Crippen LogP contribution in [-0.4, -0.2) is 104 Å². The molecular weight excluding hydrogens is 354 g/mol. The number of carbonyl (C=O) groups is 2. The van der Waals surface area contributed by atoms with E-state index in [9.17, 15) is 35.1 Å². The molecule has 152 valence electrons. The molecule has 0 aromatic carbocycles. The number of rotatable bonds is 8. The molecule has 1 saturated heterocycles. The summed E-state index contributed by atoms with van der Waals surface area (Å²) < 4.78 is 5.19. The van der Waals surface area contributed by atoms with Gasteiger partial charge in [0.25, 0.3) is 0 Å². The van der Waals surface area contributed by atoms with E-state index in [0.29, 0.717) is 0 Å². The summed E-state index contributed by atoms with van der Waals surface area (Å²) in [6.07, 6.45) is -9.58. The quantitative estimate of drug-likeness (QED) is 0.205. The fraction of sp³-hybridized carbons (Fsp3) is 0.867. The van der Waals surface area contributed by atoms with Crippen LogP contribution in [0.3, 0.4) is 0 Å². The molecule has 1 aliphatic rings. The van der Waals surface area contributed by atoms with Crippen LogP contribution in [0.1, 0.15) is 13.8 Å². The van der Waals surface area contributed by atoms with Gasteiger partial charge in [0.05, 0.1) is 13.2 Å². The fourth-order valence-corrected chi connectivity index (χ4v) is 2.56. The van der Waals surface area contributed by atoms with Gasteiger partial charge in [0.1, 0.15) is 42.5 Å². The molecule has 8 N–H and O–H groups in total. The number of carbonyl (C=O) groups excluding carboxylic acids is 1. The number of ether oxygens (including phenoxy) is 1. The van der Waals surface area contributed by atoms with Crippen LogP contribution in [-0.2, 0) is 14.3 Å². The topological polar surface area (TPSA) is 197 Å². The largest absolute Gasteiger partial charge is 0.481 e.